The van der Waals surface area contributed by atoms with Gasteiger partial charge in [-0.1, -0.05) is 30.3 Å². The number of ether oxygens (including phenoxy) is 1. The molecule has 0 aliphatic heterocycles. The maximum Gasteiger partial charge on any atom is 0.387 e. The van der Waals surface area contributed by atoms with E-state index >= 15 is 0 Å². The Bertz CT molecular complexity index is 817. The van der Waals surface area contributed by atoms with Crippen LogP contribution in [-0.2, 0) is 16.4 Å². The predicted octanol–water partition coefficient (Wildman–Crippen LogP) is 2.62. The number of rotatable bonds is 9. The van der Waals surface area contributed by atoms with E-state index < -0.39 is 28.2 Å². The molecule has 0 unspecified atom stereocenters. The van der Waals surface area contributed by atoms with Crippen LogP contribution in [0.5, 0.6) is 5.75 Å². The summed E-state index contributed by atoms with van der Waals surface area (Å²) in [5, 5.41) is 0. The molecule has 0 aliphatic rings. The Kier molecular flexibility index (Phi) is 7.01. The summed E-state index contributed by atoms with van der Waals surface area (Å²) in [6, 6.07) is 11.8. The van der Waals surface area contributed by atoms with Gasteiger partial charge in [0.1, 0.15) is 0 Å². The Balaban J connectivity index is 2.22. The van der Waals surface area contributed by atoms with Crippen molar-refractivity contribution >= 4 is 10.0 Å². The van der Waals surface area contributed by atoms with Gasteiger partial charge in [-0.25, -0.2) is 12.8 Å². The molecule has 142 valence electrons. The Labute approximate surface area is 150 Å². The molecule has 2 N–H and O–H groups in total. The Hall–Kier alpha value is -2.10. The van der Waals surface area contributed by atoms with Crippen molar-refractivity contribution in [3.8, 4) is 5.75 Å². The molecule has 0 saturated heterocycles. The lowest BCUT2D eigenvalue weighted by Crippen LogP contribution is -2.37. The van der Waals surface area contributed by atoms with Crippen molar-refractivity contribution in [2.75, 3.05) is 19.6 Å². The molecule has 0 radical (unpaired) electrons. The molecule has 26 heavy (non-hydrogen) atoms. The van der Waals surface area contributed by atoms with Gasteiger partial charge in [-0.3, -0.25) is 0 Å². The minimum absolute atomic E-state index is 0.0477. The zero-order chi connectivity index (χ0) is 19.2. The largest absolute Gasteiger partial charge is 0.432 e. The van der Waals surface area contributed by atoms with Gasteiger partial charge in [0.15, 0.2) is 11.6 Å². The van der Waals surface area contributed by atoms with E-state index in [1.165, 1.54) is 0 Å². The van der Waals surface area contributed by atoms with Gasteiger partial charge in [0.05, 0.1) is 4.90 Å². The number of nitrogens with zero attached hydrogens (tertiary/aromatic N) is 1. The monoisotopic (exact) mass is 388 g/mol. The molecule has 0 spiro atoms. The number of hydrogen-bond acceptors (Lipinski definition) is 4. The molecular weight excluding hydrogens is 369 g/mol. The molecule has 0 fully saturated rings. The van der Waals surface area contributed by atoms with Crippen molar-refractivity contribution in [1.29, 1.82) is 0 Å². The Morgan fingerprint density at radius 2 is 1.77 bits per heavy atom. The lowest BCUT2D eigenvalue weighted by molar-refractivity contribution is -0.0522. The maximum absolute atomic E-state index is 13.9. The van der Waals surface area contributed by atoms with Crippen LogP contribution in [0.3, 0.4) is 0 Å². The third-order valence-electron chi connectivity index (χ3n) is 3.63. The normalized spacial score (nSPS) is 11.9. The number of alkyl halides is 2. The van der Waals surface area contributed by atoms with Gasteiger partial charge in [-0.2, -0.15) is 13.1 Å². The first-order chi connectivity index (χ1) is 12.3. The van der Waals surface area contributed by atoms with E-state index in [4.69, 9.17) is 5.73 Å². The molecule has 2 aromatic carbocycles. The zero-order valence-corrected chi connectivity index (χ0v) is 14.6. The SMILES string of the molecule is NCCN(CCc1ccccc1)S(=O)(=O)c1ccc(OC(F)F)c(F)c1. The van der Waals surface area contributed by atoms with E-state index in [2.05, 4.69) is 4.74 Å². The molecule has 0 bridgehead atoms. The lowest BCUT2D eigenvalue weighted by Gasteiger charge is -2.22. The number of halogens is 3. The average Bonchev–Trinajstić information content (AvgIpc) is 2.60. The highest BCUT2D eigenvalue weighted by molar-refractivity contribution is 7.89. The van der Waals surface area contributed by atoms with E-state index in [0.29, 0.717) is 12.5 Å². The van der Waals surface area contributed by atoms with Gasteiger partial charge in [0.2, 0.25) is 10.0 Å². The quantitative estimate of drug-likeness (QED) is 0.717. The lowest BCUT2D eigenvalue weighted by atomic mass is 10.1. The topological polar surface area (TPSA) is 72.6 Å². The van der Waals surface area contributed by atoms with Crippen molar-refractivity contribution in [2.24, 2.45) is 5.73 Å². The van der Waals surface area contributed by atoms with Gasteiger partial charge in [0.25, 0.3) is 0 Å². The van der Waals surface area contributed by atoms with Crippen LogP contribution >= 0.6 is 0 Å². The minimum atomic E-state index is -4.03. The second kappa shape index (κ2) is 9.02. The van der Waals surface area contributed by atoms with Crippen molar-refractivity contribution in [3.05, 3.63) is 59.9 Å². The second-order valence-corrected chi connectivity index (χ2v) is 7.34. The first-order valence-electron chi connectivity index (χ1n) is 7.83. The molecule has 0 atom stereocenters. The molecule has 5 nitrogen and oxygen atoms in total. The van der Waals surface area contributed by atoms with Crippen molar-refractivity contribution in [1.82, 2.24) is 4.31 Å². The van der Waals surface area contributed by atoms with Crippen LogP contribution in [0.1, 0.15) is 5.56 Å². The molecule has 0 amide bonds. The fourth-order valence-corrected chi connectivity index (χ4v) is 3.85. The van der Waals surface area contributed by atoms with Gasteiger partial charge < -0.3 is 10.5 Å². The van der Waals surface area contributed by atoms with Crippen LogP contribution in [0, 0.1) is 5.82 Å². The molecule has 9 heteroatoms. The molecule has 0 heterocycles. The first-order valence-corrected chi connectivity index (χ1v) is 9.27. The highest BCUT2D eigenvalue weighted by atomic mass is 32.2. The summed E-state index contributed by atoms with van der Waals surface area (Å²) >= 11 is 0. The minimum Gasteiger partial charge on any atom is -0.432 e. The predicted molar refractivity (Wildman–Crippen MR) is 91.0 cm³/mol. The molecule has 2 aromatic rings. The summed E-state index contributed by atoms with van der Waals surface area (Å²) in [5.41, 5.74) is 6.44. The number of sulfonamides is 1. The van der Waals surface area contributed by atoms with Gasteiger partial charge in [-0.05, 0) is 30.2 Å². The summed E-state index contributed by atoms with van der Waals surface area (Å²) in [6.45, 7) is -2.91. The van der Waals surface area contributed by atoms with Crippen LogP contribution in [0.2, 0.25) is 0 Å². The van der Waals surface area contributed by atoms with Crippen LogP contribution in [0.15, 0.2) is 53.4 Å². The number of nitrogens with two attached hydrogens (primary N) is 1. The highest BCUT2D eigenvalue weighted by Gasteiger charge is 2.25. The molecule has 0 aromatic heterocycles. The van der Waals surface area contributed by atoms with E-state index in [1.807, 2.05) is 30.3 Å². The average molecular weight is 388 g/mol. The fraction of sp³-hybridized carbons (Fsp3) is 0.294. The third-order valence-corrected chi connectivity index (χ3v) is 5.52. The second-order valence-electron chi connectivity index (χ2n) is 5.40. The highest BCUT2D eigenvalue weighted by Crippen LogP contribution is 2.24. The maximum atomic E-state index is 13.9. The summed E-state index contributed by atoms with van der Waals surface area (Å²) in [6.07, 6.45) is 0.454. The standard InChI is InChI=1S/C17H19F3N2O3S/c18-15-12-14(6-7-16(15)25-17(19)20)26(23,24)22(11-9-21)10-8-13-4-2-1-3-5-13/h1-7,12,17H,8-11,21H2. The van der Waals surface area contributed by atoms with E-state index in [1.54, 1.807) is 0 Å². The first kappa shape index (κ1) is 20.2. The molecular formula is C17H19F3N2O3S. The van der Waals surface area contributed by atoms with Crippen molar-refractivity contribution in [3.63, 3.8) is 0 Å². The van der Waals surface area contributed by atoms with Crippen molar-refractivity contribution < 1.29 is 26.3 Å². The van der Waals surface area contributed by atoms with Gasteiger partial charge >= 0.3 is 6.61 Å². The van der Waals surface area contributed by atoms with Crippen LogP contribution < -0.4 is 10.5 Å². The summed E-state index contributed by atoms with van der Waals surface area (Å²) < 4.78 is 68.9. The molecule has 0 aliphatic carbocycles. The number of benzene rings is 2. The zero-order valence-electron chi connectivity index (χ0n) is 13.8. The van der Waals surface area contributed by atoms with E-state index in [-0.39, 0.29) is 24.5 Å². The van der Waals surface area contributed by atoms with Crippen LogP contribution in [-0.4, -0.2) is 39.0 Å². The van der Waals surface area contributed by atoms with Crippen LogP contribution in [0.4, 0.5) is 13.2 Å². The third kappa shape index (κ3) is 5.20. The number of hydrogen-bond donors (Lipinski definition) is 1. The summed E-state index contributed by atoms with van der Waals surface area (Å²) in [4.78, 5) is -0.349. The molecule has 0 saturated carbocycles. The Morgan fingerprint density at radius 1 is 1.08 bits per heavy atom. The smallest absolute Gasteiger partial charge is 0.387 e. The van der Waals surface area contributed by atoms with Gasteiger partial charge in [-0.15, -0.1) is 0 Å². The van der Waals surface area contributed by atoms with Crippen LogP contribution in [0.25, 0.3) is 0 Å². The van der Waals surface area contributed by atoms with E-state index in [9.17, 15) is 21.6 Å². The molecule has 2 rings (SSSR count). The van der Waals surface area contributed by atoms with Gasteiger partial charge in [0, 0.05) is 19.6 Å². The van der Waals surface area contributed by atoms with Crippen molar-refractivity contribution in [2.45, 2.75) is 17.9 Å². The summed E-state index contributed by atoms with van der Waals surface area (Å²) in [5.74, 6) is -1.89. The Morgan fingerprint density at radius 3 is 2.35 bits per heavy atom. The fourth-order valence-electron chi connectivity index (χ4n) is 2.38. The summed E-state index contributed by atoms with van der Waals surface area (Å²) in [7, 11) is -4.03. The van der Waals surface area contributed by atoms with E-state index in [0.717, 1.165) is 22.0 Å².